The first kappa shape index (κ1) is 23.5. The first-order valence-corrected chi connectivity index (χ1v) is 12.3. The lowest BCUT2D eigenvalue weighted by molar-refractivity contribution is 0.0943. The predicted molar refractivity (Wildman–Crippen MR) is 131 cm³/mol. The SMILES string of the molecule is CCNC(=O)c1ccc(-n2nnc(C(=O)NCCc3c[nH]c4cc(F)ccc34)c2CSC)cc1. The van der Waals surface area contributed by atoms with E-state index in [9.17, 15) is 14.0 Å². The first-order valence-electron chi connectivity index (χ1n) is 10.9. The number of nitrogens with one attached hydrogen (secondary N) is 3. The number of benzene rings is 2. The number of carbonyl (C=O) groups excluding carboxylic acids is 2. The molecule has 0 aliphatic carbocycles. The van der Waals surface area contributed by atoms with Gasteiger partial charge >= 0.3 is 0 Å². The zero-order valence-corrected chi connectivity index (χ0v) is 19.7. The van der Waals surface area contributed by atoms with Crippen molar-refractivity contribution in [2.24, 2.45) is 0 Å². The van der Waals surface area contributed by atoms with E-state index in [1.165, 1.54) is 12.1 Å². The fraction of sp³-hybridized carbons (Fsp3) is 0.250. The van der Waals surface area contributed by atoms with E-state index >= 15 is 0 Å². The second-order valence-corrected chi connectivity index (χ2v) is 8.51. The Morgan fingerprint density at radius 2 is 1.91 bits per heavy atom. The molecule has 0 atom stereocenters. The van der Waals surface area contributed by atoms with Crippen LogP contribution in [0.3, 0.4) is 0 Å². The van der Waals surface area contributed by atoms with Crippen LogP contribution in [-0.2, 0) is 12.2 Å². The number of carbonyl (C=O) groups is 2. The standard InChI is InChI=1S/C24H25FN6O2S/c1-3-26-23(32)15-4-7-18(8-5-15)31-21(14-34-2)22(29-30-31)24(33)27-11-10-16-13-28-20-12-17(25)6-9-19(16)20/h4-9,12-13,28H,3,10-11,14H2,1-2H3,(H,26,32)(H,27,33). The highest BCUT2D eigenvalue weighted by molar-refractivity contribution is 7.97. The van der Waals surface area contributed by atoms with E-state index in [4.69, 9.17) is 0 Å². The molecule has 0 saturated carbocycles. The largest absolute Gasteiger partial charge is 0.361 e. The molecule has 4 rings (SSSR count). The van der Waals surface area contributed by atoms with Crippen molar-refractivity contribution in [1.82, 2.24) is 30.6 Å². The Morgan fingerprint density at radius 1 is 1.12 bits per heavy atom. The summed E-state index contributed by atoms with van der Waals surface area (Å²) in [7, 11) is 0. The summed E-state index contributed by atoms with van der Waals surface area (Å²) < 4.78 is 15.0. The fourth-order valence-corrected chi connectivity index (χ4v) is 4.26. The van der Waals surface area contributed by atoms with E-state index in [0.29, 0.717) is 36.5 Å². The van der Waals surface area contributed by atoms with Gasteiger partial charge < -0.3 is 15.6 Å². The molecular weight excluding hydrogens is 455 g/mol. The van der Waals surface area contributed by atoms with Gasteiger partial charge in [-0.15, -0.1) is 5.10 Å². The molecule has 2 aromatic heterocycles. The van der Waals surface area contributed by atoms with Crippen molar-refractivity contribution in [3.8, 4) is 5.69 Å². The maximum Gasteiger partial charge on any atom is 0.273 e. The zero-order valence-electron chi connectivity index (χ0n) is 18.9. The van der Waals surface area contributed by atoms with Gasteiger partial charge in [0.25, 0.3) is 11.8 Å². The number of H-pyrrole nitrogens is 1. The topological polar surface area (TPSA) is 105 Å². The van der Waals surface area contributed by atoms with Crippen LogP contribution in [0.15, 0.2) is 48.7 Å². The van der Waals surface area contributed by atoms with Crippen LogP contribution in [0.4, 0.5) is 4.39 Å². The average Bonchev–Trinajstić information content (AvgIpc) is 3.43. The predicted octanol–water partition coefficient (Wildman–Crippen LogP) is 3.47. The summed E-state index contributed by atoms with van der Waals surface area (Å²) in [5.74, 6) is -0.197. The number of hydrogen-bond acceptors (Lipinski definition) is 5. The van der Waals surface area contributed by atoms with E-state index in [1.54, 1.807) is 46.8 Å². The summed E-state index contributed by atoms with van der Waals surface area (Å²) in [6.45, 7) is 2.82. The van der Waals surface area contributed by atoms with Crippen molar-refractivity contribution in [3.63, 3.8) is 0 Å². The van der Waals surface area contributed by atoms with Crippen molar-refractivity contribution >= 4 is 34.5 Å². The molecule has 4 aromatic rings. The normalized spacial score (nSPS) is 11.0. The van der Waals surface area contributed by atoms with Gasteiger partial charge in [0.1, 0.15) is 5.82 Å². The van der Waals surface area contributed by atoms with Crippen molar-refractivity contribution < 1.29 is 14.0 Å². The molecule has 0 radical (unpaired) electrons. The van der Waals surface area contributed by atoms with E-state index in [1.807, 2.05) is 19.4 Å². The summed E-state index contributed by atoms with van der Waals surface area (Å²) in [5.41, 5.74) is 3.94. The number of thioether (sulfide) groups is 1. The molecule has 0 fully saturated rings. The molecule has 34 heavy (non-hydrogen) atoms. The Bertz CT molecular complexity index is 1320. The van der Waals surface area contributed by atoms with Crippen molar-refractivity contribution in [3.05, 3.63) is 77.0 Å². The Labute approximate surface area is 200 Å². The van der Waals surface area contributed by atoms with Gasteiger partial charge in [-0.2, -0.15) is 11.8 Å². The molecule has 2 aromatic carbocycles. The minimum atomic E-state index is -0.305. The lowest BCUT2D eigenvalue weighted by Crippen LogP contribution is -2.27. The van der Waals surface area contributed by atoms with Gasteiger partial charge in [-0.25, -0.2) is 9.07 Å². The third kappa shape index (κ3) is 4.96. The number of aromatic nitrogens is 4. The number of aromatic amines is 1. The average molecular weight is 481 g/mol. The van der Waals surface area contributed by atoms with Gasteiger partial charge in [-0.1, -0.05) is 5.21 Å². The molecule has 3 N–H and O–H groups in total. The van der Waals surface area contributed by atoms with Crippen molar-refractivity contribution in [2.45, 2.75) is 19.1 Å². The summed E-state index contributed by atoms with van der Waals surface area (Å²) in [4.78, 5) is 28.0. The van der Waals surface area contributed by atoms with Crippen molar-refractivity contribution in [1.29, 1.82) is 0 Å². The zero-order chi connectivity index (χ0) is 24.1. The van der Waals surface area contributed by atoms with Gasteiger partial charge in [0.2, 0.25) is 0 Å². The minimum Gasteiger partial charge on any atom is -0.361 e. The number of nitrogens with zero attached hydrogens (tertiary/aromatic N) is 3. The van der Waals surface area contributed by atoms with Crippen LogP contribution in [0.25, 0.3) is 16.6 Å². The molecule has 10 heteroatoms. The third-order valence-electron chi connectivity index (χ3n) is 5.38. The van der Waals surface area contributed by atoms with Crippen LogP contribution in [0.2, 0.25) is 0 Å². The molecule has 0 aliphatic rings. The molecule has 0 unspecified atom stereocenters. The summed E-state index contributed by atoms with van der Waals surface area (Å²) in [6, 6.07) is 11.6. The molecule has 0 bridgehead atoms. The molecule has 0 aliphatic heterocycles. The molecule has 0 spiro atoms. The van der Waals surface area contributed by atoms with Gasteiger partial charge in [0.05, 0.1) is 11.4 Å². The minimum absolute atomic E-state index is 0.141. The summed E-state index contributed by atoms with van der Waals surface area (Å²) in [5, 5.41) is 14.9. The molecule has 2 amide bonds. The van der Waals surface area contributed by atoms with Gasteiger partial charge in [-0.3, -0.25) is 9.59 Å². The highest BCUT2D eigenvalue weighted by Gasteiger charge is 2.20. The molecule has 8 nitrogen and oxygen atoms in total. The second kappa shape index (κ2) is 10.5. The summed E-state index contributed by atoms with van der Waals surface area (Å²) >= 11 is 1.56. The van der Waals surface area contributed by atoms with E-state index in [0.717, 1.165) is 22.2 Å². The quantitative estimate of drug-likeness (QED) is 0.340. The molecule has 0 saturated heterocycles. The van der Waals surface area contributed by atoms with Crippen LogP contribution < -0.4 is 10.6 Å². The second-order valence-electron chi connectivity index (χ2n) is 7.65. The number of fused-ring (bicyclic) bond motifs is 1. The third-order valence-corrected chi connectivity index (χ3v) is 5.94. The van der Waals surface area contributed by atoms with Crippen LogP contribution in [-0.4, -0.2) is 51.1 Å². The monoisotopic (exact) mass is 480 g/mol. The van der Waals surface area contributed by atoms with E-state index < -0.39 is 0 Å². The summed E-state index contributed by atoms with van der Waals surface area (Å²) in [6.07, 6.45) is 4.36. The smallest absolute Gasteiger partial charge is 0.273 e. The number of hydrogen-bond donors (Lipinski definition) is 3. The number of rotatable bonds is 9. The molecule has 176 valence electrons. The van der Waals surface area contributed by atoms with E-state index in [2.05, 4.69) is 25.9 Å². The Balaban J connectivity index is 1.47. The van der Waals surface area contributed by atoms with Gasteiger partial charge in [0.15, 0.2) is 5.69 Å². The molecular formula is C24H25FN6O2S. The van der Waals surface area contributed by atoms with Crippen LogP contribution in [0.1, 0.15) is 39.0 Å². The highest BCUT2D eigenvalue weighted by atomic mass is 32.2. The lowest BCUT2D eigenvalue weighted by atomic mass is 10.1. The van der Waals surface area contributed by atoms with Crippen molar-refractivity contribution in [2.75, 3.05) is 19.3 Å². The lowest BCUT2D eigenvalue weighted by Gasteiger charge is -2.09. The first-order chi connectivity index (χ1) is 16.5. The Hall–Kier alpha value is -3.66. The Kier molecular flexibility index (Phi) is 7.27. The van der Waals surface area contributed by atoms with Gasteiger partial charge in [-0.05, 0) is 67.6 Å². The maximum atomic E-state index is 13.4. The van der Waals surface area contributed by atoms with Crippen LogP contribution in [0.5, 0.6) is 0 Å². The van der Waals surface area contributed by atoms with Crippen LogP contribution in [0, 0.1) is 5.82 Å². The molecule has 2 heterocycles. The fourth-order valence-electron chi connectivity index (χ4n) is 3.73. The van der Waals surface area contributed by atoms with E-state index in [-0.39, 0.29) is 23.3 Å². The number of amides is 2. The number of halogens is 1. The maximum absolute atomic E-state index is 13.4. The van der Waals surface area contributed by atoms with Gasteiger partial charge in [0, 0.05) is 41.5 Å². The van der Waals surface area contributed by atoms with Crippen LogP contribution >= 0.6 is 11.8 Å². The highest BCUT2D eigenvalue weighted by Crippen LogP contribution is 2.20. The Morgan fingerprint density at radius 3 is 2.65 bits per heavy atom.